The van der Waals surface area contributed by atoms with Crippen molar-refractivity contribution in [1.29, 1.82) is 5.26 Å². The van der Waals surface area contributed by atoms with E-state index in [1.807, 2.05) is 25.1 Å². The monoisotopic (exact) mass is 385 g/mol. The molecule has 3 heterocycles. The van der Waals surface area contributed by atoms with E-state index in [-0.39, 0.29) is 23.2 Å². The predicted molar refractivity (Wildman–Crippen MR) is 108 cm³/mol. The van der Waals surface area contributed by atoms with Gasteiger partial charge >= 0.3 is 0 Å². The molecule has 0 aliphatic carbocycles. The van der Waals surface area contributed by atoms with Crippen LogP contribution in [0.2, 0.25) is 0 Å². The van der Waals surface area contributed by atoms with Crippen molar-refractivity contribution < 1.29 is 4.39 Å². The highest BCUT2D eigenvalue weighted by Crippen LogP contribution is 2.32. The molecule has 3 aromatic heterocycles. The van der Waals surface area contributed by atoms with Gasteiger partial charge in [-0.25, -0.2) is 19.3 Å². The Labute approximate surface area is 166 Å². The molecule has 0 amide bonds. The Bertz CT molecular complexity index is 1250. The minimum atomic E-state index is -0.374. The van der Waals surface area contributed by atoms with Crippen molar-refractivity contribution in [2.45, 2.75) is 13.0 Å². The summed E-state index contributed by atoms with van der Waals surface area (Å²) < 4.78 is 14.6. The highest BCUT2D eigenvalue weighted by atomic mass is 19.1. The Balaban J connectivity index is 1.86. The minimum absolute atomic E-state index is 0.0878. The third-order valence-electron chi connectivity index (χ3n) is 4.55. The lowest BCUT2D eigenvalue weighted by atomic mass is 9.99. The molecule has 0 unspecified atom stereocenters. The fourth-order valence-corrected chi connectivity index (χ4v) is 3.12. The second-order valence-electron chi connectivity index (χ2n) is 6.41. The van der Waals surface area contributed by atoms with Crippen LogP contribution in [0.1, 0.15) is 24.1 Å². The molecule has 142 valence electrons. The number of halogens is 1. The van der Waals surface area contributed by atoms with Gasteiger partial charge in [-0.1, -0.05) is 12.1 Å². The topological polar surface area (TPSA) is 113 Å². The van der Waals surface area contributed by atoms with Crippen molar-refractivity contribution in [1.82, 2.24) is 19.9 Å². The molecular weight excluding hydrogens is 369 g/mol. The fraction of sp³-hybridized carbons (Fsp3) is 0.0952. The van der Waals surface area contributed by atoms with Crippen LogP contribution in [0, 0.1) is 17.1 Å². The molecule has 3 N–H and O–H groups in total. The summed E-state index contributed by atoms with van der Waals surface area (Å²) in [6, 6.07) is 13.6. The van der Waals surface area contributed by atoms with E-state index in [9.17, 15) is 9.65 Å². The van der Waals surface area contributed by atoms with Gasteiger partial charge in [0, 0.05) is 17.3 Å². The van der Waals surface area contributed by atoms with E-state index < -0.39 is 0 Å². The third-order valence-corrected chi connectivity index (χ3v) is 4.55. The van der Waals surface area contributed by atoms with Crippen molar-refractivity contribution in [3.63, 3.8) is 0 Å². The van der Waals surface area contributed by atoms with Crippen LogP contribution in [0.15, 0.2) is 55.0 Å². The SMILES string of the molecule is C[C@@H](Nc1ncnc(N)c1C#N)c1cc2ncccc2nc1-c1ccccc1F. The molecule has 1 atom stereocenters. The Morgan fingerprint density at radius 1 is 1.10 bits per heavy atom. The maximum Gasteiger partial charge on any atom is 0.150 e. The summed E-state index contributed by atoms with van der Waals surface area (Å²) in [6.45, 7) is 1.87. The number of hydrogen-bond donors (Lipinski definition) is 2. The summed E-state index contributed by atoms with van der Waals surface area (Å²) in [5.74, 6) is 0.0126. The van der Waals surface area contributed by atoms with E-state index in [1.165, 1.54) is 12.4 Å². The molecule has 0 saturated carbocycles. The van der Waals surface area contributed by atoms with Crippen LogP contribution in [-0.2, 0) is 0 Å². The van der Waals surface area contributed by atoms with E-state index in [1.54, 1.807) is 30.5 Å². The van der Waals surface area contributed by atoms with E-state index in [2.05, 4.69) is 25.3 Å². The number of pyridine rings is 2. The first-order valence-electron chi connectivity index (χ1n) is 8.86. The Kier molecular flexibility index (Phi) is 4.71. The van der Waals surface area contributed by atoms with Gasteiger partial charge in [0.15, 0.2) is 0 Å². The Hall–Kier alpha value is -4.12. The van der Waals surface area contributed by atoms with Crippen LogP contribution < -0.4 is 11.1 Å². The zero-order valence-electron chi connectivity index (χ0n) is 15.5. The van der Waals surface area contributed by atoms with Gasteiger partial charge in [0.05, 0.1) is 22.8 Å². The van der Waals surface area contributed by atoms with Crippen LogP contribution in [-0.4, -0.2) is 19.9 Å². The van der Waals surface area contributed by atoms with Gasteiger partial charge in [-0.2, -0.15) is 5.26 Å². The van der Waals surface area contributed by atoms with Crippen molar-refractivity contribution in [2.24, 2.45) is 0 Å². The van der Waals surface area contributed by atoms with Gasteiger partial charge in [-0.05, 0) is 37.3 Å². The highest BCUT2D eigenvalue weighted by molar-refractivity contribution is 5.81. The molecular formula is C21H16FN7. The zero-order chi connectivity index (χ0) is 20.4. The van der Waals surface area contributed by atoms with Crippen LogP contribution in [0.4, 0.5) is 16.0 Å². The molecule has 0 bridgehead atoms. The maximum absolute atomic E-state index is 14.6. The van der Waals surface area contributed by atoms with Crippen molar-refractivity contribution in [3.8, 4) is 17.3 Å². The lowest BCUT2D eigenvalue weighted by Crippen LogP contribution is -2.13. The first kappa shape index (κ1) is 18.3. The summed E-state index contributed by atoms with van der Waals surface area (Å²) in [6.07, 6.45) is 2.96. The number of nitrogens with two attached hydrogens (primary N) is 1. The van der Waals surface area contributed by atoms with Gasteiger partial charge in [-0.3, -0.25) is 4.98 Å². The van der Waals surface area contributed by atoms with E-state index in [4.69, 9.17) is 5.73 Å². The number of nitrogens with one attached hydrogen (secondary N) is 1. The molecule has 29 heavy (non-hydrogen) atoms. The van der Waals surface area contributed by atoms with Gasteiger partial charge in [0.25, 0.3) is 0 Å². The number of nitrogen functional groups attached to an aromatic ring is 1. The van der Waals surface area contributed by atoms with Crippen LogP contribution >= 0.6 is 0 Å². The third kappa shape index (κ3) is 3.41. The van der Waals surface area contributed by atoms with Gasteiger partial charge < -0.3 is 11.1 Å². The first-order valence-corrected chi connectivity index (χ1v) is 8.86. The summed E-state index contributed by atoms with van der Waals surface area (Å²) in [4.78, 5) is 17.0. The van der Waals surface area contributed by atoms with Crippen molar-refractivity contribution in [3.05, 3.63) is 71.9 Å². The number of nitrogens with zero attached hydrogens (tertiary/aromatic N) is 5. The van der Waals surface area contributed by atoms with Gasteiger partial charge in [0.2, 0.25) is 0 Å². The number of benzene rings is 1. The highest BCUT2D eigenvalue weighted by Gasteiger charge is 2.20. The van der Waals surface area contributed by atoms with E-state index in [0.717, 1.165) is 0 Å². The lowest BCUT2D eigenvalue weighted by Gasteiger charge is -2.19. The fourth-order valence-electron chi connectivity index (χ4n) is 3.12. The van der Waals surface area contributed by atoms with Crippen LogP contribution in [0.5, 0.6) is 0 Å². The molecule has 7 nitrogen and oxygen atoms in total. The summed E-state index contributed by atoms with van der Waals surface area (Å²) in [7, 11) is 0. The summed E-state index contributed by atoms with van der Waals surface area (Å²) in [5, 5.41) is 12.5. The molecule has 1 aromatic carbocycles. The molecule has 0 spiro atoms. The molecule has 4 rings (SSSR count). The molecule has 0 aliphatic rings. The van der Waals surface area contributed by atoms with Crippen LogP contribution in [0.25, 0.3) is 22.3 Å². The Morgan fingerprint density at radius 3 is 2.72 bits per heavy atom. The molecule has 8 heteroatoms. The zero-order valence-corrected chi connectivity index (χ0v) is 15.5. The molecule has 0 aliphatic heterocycles. The smallest absolute Gasteiger partial charge is 0.150 e. The number of fused-ring (bicyclic) bond motifs is 1. The number of hydrogen-bond acceptors (Lipinski definition) is 7. The molecule has 0 fully saturated rings. The van der Waals surface area contributed by atoms with Crippen molar-refractivity contribution >= 4 is 22.7 Å². The quantitative estimate of drug-likeness (QED) is 0.548. The van der Waals surface area contributed by atoms with E-state index in [0.29, 0.717) is 33.7 Å². The maximum atomic E-state index is 14.6. The standard InChI is InChI=1S/C21H16FN7/c1-12(28-21-15(10-23)20(24)26-11-27-21)14-9-18-17(7-4-8-25-18)29-19(14)13-5-2-3-6-16(13)22/h2-9,11-12H,1H3,(H3,24,26,27,28)/t12-/m1/s1. The lowest BCUT2D eigenvalue weighted by molar-refractivity contribution is 0.630. The van der Waals surface area contributed by atoms with Gasteiger partial charge in [-0.15, -0.1) is 0 Å². The minimum Gasteiger partial charge on any atom is -0.382 e. The predicted octanol–water partition coefficient (Wildman–Crippen LogP) is 3.85. The number of rotatable bonds is 4. The molecule has 0 saturated heterocycles. The number of nitriles is 1. The number of aromatic nitrogens is 4. The normalized spacial score (nSPS) is 11.8. The van der Waals surface area contributed by atoms with Gasteiger partial charge in [0.1, 0.15) is 35.4 Å². The second kappa shape index (κ2) is 7.48. The number of anilines is 2. The summed E-state index contributed by atoms with van der Waals surface area (Å²) >= 11 is 0. The average Bonchev–Trinajstić information content (AvgIpc) is 2.73. The van der Waals surface area contributed by atoms with Crippen LogP contribution in [0.3, 0.4) is 0 Å². The Morgan fingerprint density at radius 2 is 1.93 bits per heavy atom. The second-order valence-corrected chi connectivity index (χ2v) is 6.41. The molecule has 4 aromatic rings. The summed E-state index contributed by atoms with van der Waals surface area (Å²) in [5.41, 5.74) is 8.84. The largest absolute Gasteiger partial charge is 0.382 e. The van der Waals surface area contributed by atoms with Crippen molar-refractivity contribution in [2.75, 3.05) is 11.1 Å². The van der Waals surface area contributed by atoms with E-state index >= 15 is 0 Å². The molecule has 0 radical (unpaired) electrons. The first-order chi connectivity index (χ1) is 14.1. The average molecular weight is 385 g/mol.